The number of nitrogens with one attached hydrogen (secondary N) is 1. The van der Waals surface area contributed by atoms with Crippen LogP contribution in [0.3, 0.4) is 0 Å². The van der Waals surface area contributed by atoms with Crippen LogP contribution in [-0.4, -0.2) is 22.8 Å². The molecule has 1 aromatic heterocycles. The minimum absolute atomic E-state index is 0.246. The first-order valence-electron chi connectivity index (χ1n) is 11.1. The predicted molar refractivity (Wildman–Crippen MR) is 139 cm³/mol. The average molecular weight is 488 g/mol. The molecule has 35 heavy (non-hydrogen) atoms. The zero-order valence-electron chi connectivity index (χ0n) is 19.6. The Labute approximate surface area is 209 Å². The summed E-state index contributed by atoms with van der Waals surface area (Å²) in [7, 11) is 1.63. The molecule has 6 nitrogen and oxygen atoms in total. The highest BCUT2D eigenvalue weighted by Gasteiger charge is 2.07. The van der Waals surface area contributed by atoms with Crippen LogP contribution in [-0.2, 0) is 17.9 Å². The maximum atomic E-state index is 12.4. The number of aryl methyl sites for hydroxylation is 1. The summed E-state index contributed by atoms with van der Waals surface area (Å²) in [4.78, 5) is 12.4. The van der Waals surface area contributed by atoms with Gasteiger partial charge in [-0.3, -0.25) is 9.48 Å². The normalized spacial score (nSPS) is 10.9. The zero-order valence-corrected chi connectivity index (χ0v) is 20.3. The van der Waals surface area contributed by atoms with Crippen LogP contribution in [0, 0.1) is 6.92 Å². The summed E-state index contributed by atoms with van der Waals surface area (Å²) in [5, 5.41) is 7.83. The smallest absolute Gasteiger partial charge is 0.248 e. The number of nitrogens with zero attached hydrogens (tertiary/aromatic N) is 2. The summed E-state index contributed by atoms with van der Waals surface area (Å²) in [5.74, 6) is 1.27. The van der Waals surface area contributed by atoms with Gasteiger partial charge in [0.05, 0.1) is 25.5 Å². The molecule has 0 unspecified atom stereocenters. The van der Waals surface area contributed by atoms with Gasteiger partial charge >= 0.3 is 0 Å². The van der Waals surface area contributed by atoms with E-state index in [1.165, 1.54) is 11.6 Å². The van der Waals surface area contributed by atoms with Crippen molar-refractivity contribution in [2.45, 2.75) is 20.1 Å². The minimum atomic E-state index is -0.246. The maximum Gasteiger partial charge on any atom is 0.248 e. The number of ether oxygens (including phenoxy) is 2. The summed E-state index contributed by atoms with van der Waals surface area (Å²) >= 11 is 5.93. The number of aromatic nitrogens is 2. The van der Waals surface area contributed by atoms with Crippen LogP contribution in [0.2, 0.25) is 5.02 Å². The molecule has 3 aromatic carbocycles. The van der Waals surface area contributed by atoms with Gasteiger partial charge in [0.15, 0.2) is 0 Å². The summed E-state index contributed by atoms with van der Waals surface area (Å²) in [6, 6.07) is 21.2. The highest BCUT2D eigenvalue weighted by Crippen LogP contribution is 2.23. The number of benzene rings is 3. The third-order valence-corrected chi connectivity index (χ3v) is 5.56. The molecule has 0 radical (unpaired) electrons. The van der Waals surface area contributed by atoms with Gasteiger partial charge in [-0.25, -0.2) is 0 Å². The molecule has 0 saturated carbocycles. The fourth-order valence-electron chi connectivity index (χ4n) is 3.46. The Hall–Kier alpha value is -4.03. The number of hydrogen-bond acceptors (Lipinski definition) is 4. The lowest BCUT2D eigenvalue weighted by molar-refractivity contribution is -0.111. The molecule has 4 aromatic rings. The average Bonchev–Trinajstić information content (AvgIpc) is 3.30. The number of anilines is 1. The topological polar surface area (TPSA) is 65.4 Å². The van der Waals surface area contributed by atoms with E-state index in [4.69, 9.17) is 21.1 Å². The SMILES string of the molecule is COc1ccc(/C=C/C(=O)Nc2cnn(Cc3ccc(Cl)cc3)c2)cc1COc1ccc(C)cc1. The molecule has 0 aliphatic carbocycles. The molecule has 1 amide bonds. The Bertz CT molecular complexity index is 1310. The van der Waals surface area contributed by atoms with E-state index in [1.807, 2.05) is 73.7 Å². The molecule has 0 atom stereocenters. The van der Waals surface area contributed by atoms with Gasteiger partial charge in [-0.15, -0.1) is 0 Å². The summed E-state index contributed by atoms with van der Waals surface area (Å²) in [6.07, 6.45) is 6.65. The fourth-order valence-corrected chi connectivity index (χ4v) is 3.58. The molecule has 178 valence electrons. The minimum Gasteiger partial charge on any atom is -0.496 e. The number of halogens is 1. The molecule has 1 N–H and O–H groups in total. The quantitative estimate of drug-likeness (QED) is 0.288. The van der Waals surface area contributed by atoms with E-state index < -0.39 is 0 Å². The summed E-state index contributed by atoms with van der Waals surface area (Å²) < 4.78 is 13.1. The van der Waals surface area contributed by atoms with E-state index in [0.29, 0.717) is 23.9 Å². The molecule has 1 heterocycles. The molecular formula is C28H26ClN3O3. The van der Waals surface area contributed by atoms with Crippen molar-refractivity contribution >= 4 is 29.3 Å². The lowest BCUT2D eigenvalue weighted by atomic mass is 10.1. The number of methoxy groups -OCH3 is 1. The third-order valence-electron chi connectivity index (χ3n) is 5.31. The Morgan fingerprint density at radius 2 is 1.86 bits per heavy atom. The molecule has 0 spiro atoms. The van der Waals surface area contributed by atoms with Crippen molar-refractivity contribution in [3.05, 3.63) is 112 Å². The number of rotatable bonds is 9. The van der Waals surface area contributed by atoms with Crippen molar-refractivity contribution in [1.82, 2.24) is 9.78 Å². The first kappa shape index (κ1) is 24.1. The van der Waals surface area contributed by atoms with Crippen LogP contribution in [0.4, 0.5) is 5.69 Å². The van der Waals surface area contributed by atoms with Crippen molar-refractivity contribution in [2.75, 3.05) is 12.4 Å². The van der Waals surface area contributed by atoms with Crippen LogP contribution in [0.1, 0.15) is 22.3 Å². The van der Waals surface area contributed by atoms with E-state index >= 15 is 0 Å². The van der Waals surface area contributed by atoms with Crippen molar-refractivity contribution < 1.29 is 14.3 Å². The maximum absolute atomic E-state index is 12.4. The summed E-state index contributed by atoms with van der Waals surface area (Å²) in [5.41, 5.74) is 4.61. The predicted octanol–water partition coefficient (Wildman–Crippen LogP) is 6.13. The van der Waals surface area contributed by atoms with E-state index in [1.54, 1.807) is 30.3 Å². The van der Waals surface area contributed by atoms with Crippen molar-refractivity contribution in [3.8, 4) is 11.5 Å². The molecule has 0 saturated heterocycles. The van der Waals surface area contributed by atoms with Crippen LogP contribution < -0.4 is 14.8 Å². The van der Waals surface area contributed by atoms with Gasteiger partial charge in [-0.1, -0.05) is 47.5 Å². The molecule has 0 fully saturated rings. The monoisotopic (exact) mass is 487 g/mol. The van der Waals surface area contributed by atoms with Crippen molar-refractivity contribution in [3.63, 3.8) is 0 Å². The van der Waals surface area contributed by atoms with Crippen LogP contribution >= 0.6 is 11.6 Å². The second-order valence-corrected chi connectivity index (χ2v) is 8.49. The lowest BCUT2D eigenvalue weighted by Gasteiger charge is -2.11. The molecule has 0 bridgehead atoms. The largest absolute Gasteiger partial charge is 0.496 e. The molecule has 7 heteroatoms. The van der Waals surface area contributed by atoms with Gasteiger partial charge < -0.3 is 14.8 Å². The Morgan fingerprint density at radius 3 is 2.60 bits per heavy atom. The number of carbonyl (C=O) groups is 1. The zero-order chi connectivity index (χ0) is 24.6. The van der Waals surface area contributed by atoms with Crippen LogP contribution in [0.25, 0.3) is 6.08 Å². The first-order valence-corrected chi connectivity index (χ1v) is 11.5. The first-order chi connectivity index (χ1) is 17.0. The highest BCUT2D eigenvalue weighted by atomic mass is 35.5. The summed E-state index contributed by atoms with van der Waals surface area (Å²) in [6.45, 7) is 2.97. The van der Waals surface area contributed by atoms with Crippen molar-refractivity contribution in [2.24, 2.45) is 0 Å². The lowest BCUT2D eigenvalue weighted by Crippen LogP contribution is -2.07. The Morgan fingerprint density at radius 1 is 1.09 bits per heavy atom. The second-order valence-electron chi connectivity index (χ2n) is 8.05. The third kappa shape index (κ3) is 6.98. The van der Waals surface area contributed by atoms with Crippen molar-refractivity contribution in [1.29, 1.82) is 0 Å². The fraction of sp³-hybridized carbons (Fsp3) is 0.143. The molecule has 0 aliphatic rings. The number of carbonyl (C=O) groups excluding carboxylic acids is 1. The Balaban J connectivity index is 1.36. The number of amides is 1. The Kier molecular flexibility index (Phi) is 7.85. The second kappa shape index (κ2) is 11.4. The van der Waals surface area contributed by atoms with E-state index in [0.717, 1.165) is 28.2 Å². The molecule has 0 aliphatic heterocycles. The van der Waals surface area contributed by atoms with Gasteiger partial charge in [-0.2, -0.15) is 5.10 Å². The van der Waals surface area contributed by atoms with Gasteiger partial charge in [0, 0.05) is 22.9 Å². The van der Waals surface area contributed by atoms with E-state index in [9.17, 15) is 4.79 Å². The van der Waals surface area contributed by atoms with Crippen LogP contribution in [0.5, 0.6) is 11.5 Å². The van der Waals surface area contributed by atoms with Gasteiger partial charge in [0.25, 0.3) is 0 Å². The van der Waals surface area contributed by atoms with Gasteiger partial charge in [-0.05, 0) is 60.5 Å². The standard InChI is InChI=1S/C28H26ClN3O3/c1-20-3-11-26(12-4-20)35-19-23-15-21(7-13-27(23)34-2)8-14-28(33)31-25-16-30-32(18-25)17-22-5-9-24(29)10-6-22/h3-16,18H,17,19H2,1-2H3,(H,31,33)/b14-8+. The van der Waals surface area contributed by atoms with Gasteiger partial charge in [0.2, 0.25) is 5.91 Å². The molecular weight excluding hydrogens is 462 g/mol. The molecule has 4 rings (SSSR count). The van der Waals surface area contributed by atoms with Crippen LogP contribution in [0.15, 0.2) is 85.2 Å². The van der Waals surface area contributed by atoms with E-state index in [2.05, 4.69) is 10.4 Å². The highest BCUT2D eigenvalue weighted by molar-refractivity contribution is 6.30. The number of hydrogen-bond donors (Lipinski definition) is 1. The van der Waals surface area contributed by atoms with E-state index in [-0.39, 0.29) is 5.91 Å². The van der Waals surface area contributed by atoms with Gasteiger partial charge in [0.1, 0.15) is 18.1 Å².